The zero-order chi connectivity index (χ0) is 20.6. The third-order valence-electron chi connectivity index (χ3n) is 5.34. The Morgan fingerprint density at radius 3 is 2.55 bits per heavy atom. The number of nitrogens with one attached hydrogen (secondary N) is 2. The molecule has 4 rings (SSSR count). The maximum Gasteiger partial charge on any atom is 0.240 e. The smallest absolute Gasteiger partial charge is 0.240 e. The van der Waals surface area contributed by atoms with Crippen LogP contribution in [0.25, 0.3) is 22.2 Å². The van der Waals surface area contributed by atoms with E-state index in [1.807, 2.05) is 32.0 Å². The standard InChI is InChI=1S/C22H27N3O3S/c1-14(2)11-17(13-26)25-29(27,28)18-7-5-15(6-8-18)19-9-10-23-22-20(19)12-21(24-22)16-3-4-16/h5-10,12,14,16-17,25-26H,3-4,11,13H2,1-2H3,(H,23,24). The van der Waals surface area contributed by atoms with Gasteiger partial charge in [0, 0.05) is 23.3 Å². The maximum atomic E-state index is 12.7. The van der Waals surface area contributed by atoms with E-state index in [0.717, 1.165) is 22.2 Å². The highest BCUT2D eigenvalue weighted by molar-refractivity contribution is 7.89. The number of nitrogens with zero attached hydrogens (tertiary/aromatic N) is 1. The average Bonchev–Trinajstić information content (AvgIpc) is 3.45. The van der Waals surface area contributed by atoms with Crippen molar-refractivity contribution in [3.8, 4) is 11.1 Å². The summed E-state index contributed by atoms with van der Waals surface area (Å²) in [4.78, 5) is 8.04. The van der Waals surface area contributed by atoms with Gasteiger partial charge in [-0.2, -0.15) is 0 Å². The van der Waals surface area contributed by atoms with Crippen LogP contribution in [0.4, 0.5) is 0 Å². The first-order valence-corrected chi connectivity index (χ1v) is 11.6. The van der Waals surface area contributed by atoms with Crippen molar-refractivity contribution >= 4 is 21.1 Å². The van der Waals surface area contributed by atoms with Gasteiger partial charge < -0.3 is 10.1 Å². The summed E-state index contributed by atoms with van der Waals surface area (Å²) in [5.41, 5.74) is 4.06. The second-order valence-corrected chi connectivity index (χ2v) is 9.99. The lowest BCUT2D eigenvalue weighted by molar-refractivity contribution is 0.240. The van der Waals surface area contributed by atoms with E-state index < -0.39 is 16.1 Å². The number of H-pyrrole nitrogens is 1. The topological polar surface area (TPSA) is 95.1 Å². The Labute approximate surface area is 171 Å². The fourth-order valence-corrected chi connectivity index (χ4v) is 4.98. The number of sulfonamides is 1. The number of aromatic amines is 1. The molecule has 6 nitrogen and oxygen atoms in total. The molecule has 7 heteroatoms. The van der Waals surface area contributed by atoms with Gasteiger partial charge >= 0.3 is 0 Å². The lowest BCUT2D eigenvalue weighted by atomic mass is 10.0. The summed E-state index contributed by atoms with van der Waals surface area (Å²) in [7, 11) is -3.69. The highest BCUT2D eigenvalue weighted by Crippen LogP contribution is 2.41. The van der Waals surface area contributed by atoms with Crippen LogP contribution in [0.1, 0.15) is 44.7 Å². The van der Waals surface area contributed by atoms with E-state index in [9.17, 15) is 13.5 Å². The van der Waals surface area contributed by atoms with Crippen LogP contribution >= 0.6 is 0 Å². The Bertz CT molecular complexity index is 1100. The number of rotatable bonds is 8. The molecule has 0 aliphatic heterocycles. The van der Waals surface area contributed by atoms with Crippen LogP contribution in [0.2, 0.25) is 0 Å². The Morgan fingerprint density at radius 1 is 1.21 bits per heavy atom. The number of aliphatic hydroxyl groups excluding tert-OH is 1. The van der Waals surface area contributed by atoms with Gasteiger partial charge in [0.15, 0.2) is 0 Å². The van der Waals surface area contributed by atoms with Crippen LogP contribution in [0.3, 0.4) is 0 Å². The van der Waals surface area contributed by atoms with Crippen LogP contribution < -0.4 is 4.72 Å². The highest BCUT2D eigenvalue weighted by atomic mass is 32.2. The molecule has 2 heterocycles. The third kappa shape index (κ3) is 4.37. The lowest BCUT2D eigenvalue weighted by Crippen LogP contribution is -2.38. The van der Waals surface area contributed by atoms with E-state index in [4.69, 9.17) is 0 Å². The van der Waals surface area contributed by atoms with Crippen molar-refractivity contribution in [3.63, 3.8) is 0 Å². The molecule has 0 bridgehead atoms. The summed E-state index contributed by atoms with van der Waals surface area (Å²) in [6.07, 6.45) is 4.79. The minimum Gasteiger partial charge on any atom is -0.395 e. The van der Waals surface area contributed by atoms with Crippen LogP contribution in [-0.4, -0.2) is 36.1 Å². The predicted octanol–water partition coefficient (Wildman–Crippen LogP) is 3.79. The Balaban J connectivity index is 1.60. The largest absolute Gasteiger partial charge is 0.395 e. The molecular formula is C22H27N3O3S. The van der Waals surface area contributed by atoms with Crippen molar-refractivity contribution in [1.29, 1.82) is 0 Å². The molecule has 1 atom stereocenters. The number of pyridine rings is 1. The molecule has 0 spiro atoms. The minimum atomic E-state index is -3.69. The summed E-state index contributed by atoms with van der Waals surface area (Å²) in [6.45, 7) is 3.77. The second kappa shape index (κ2) is 7.89. The summed E-state index contributed by atoms with van der Waals surface area (Å²) < 4.78 is 28.0. The number of benzene rings is 1. The SMILES string of the molecule is CC(C)CC(CO)NS(=O)(=O)c1ccc(-c2ccnc3[nH]c(C4CC4)cc23)cc1. The predicted molar refractivity (Wildman–Crippen MR) is 114 cm³/mol. The average molecular weight is 414 g/mol. The molecular weight excluding hydrogens is 386 g/mol. The quantitative estimate of drug-likeness (QED) is 0.524. The zero-order valence-corrected chi connectivity index (χ0v) is 17.5. The first kappa shape index (κ1) is 20.1. The van der Waals surface area contributed by atoms with Crippen molar-refractivity contribution in [2.45, 2.75) is 50.0 Å². The molecule has 0 amide bonds. The maximum absolute atomic E-state index is 12.7. The van der Waals surface area contributed by atoms with Crippen molar-refractivity contribution < 1.29 is 13.5 Å². The number of aromatic nitrogens is 2. The van der Waals surface area contributed by atoms with Crippen LogP contribution in [-0.2, 0) is 10.0 Å². The first-order valence-electron chi connectivity index (χ1n) is 10.1. The number of hydrogen-bond donors (Lipinski definition) is 3. The van der Waals surface area contributed by atoms with Gasteiger partial charge in [-0.25, -0.2) is 18.1 Å². The molecule has 1 unspecified atom stereocenters. The molecule has 1 saturated carbocycles. The second-order valence-electron chi connectivity index (χ2n) is 8.27. The zero-order valence-electron chi connectivity index (χ0n) is 16.7. The van der Waals surface area contributed by atoms with Crippen molar-refractivity contribution in [1.82, 2.24) is 14.7 Å². The van der Waals surface area contributed by atoms with Gasteiger partial charge in [0.05, 0.1) is 11.5 Å². The number of aliphatic hydroxyl groups is 1. The molecule has 3 aromatic rings. The molecule has 3 N–H and O–H groups in total. The fourth-order valence-electron chi connectivity index (χ4n) is 3.74. The number of hydrogen-bond acceptors (Lipinski definition) is 4. The van der Waals surface area contributed by atoms with Crippen LogP contribution in [0.15, 0.2) is 47.5 Å². The molecule has 2 aromatic heterocycles. The van der Waals surface area contributed by atoms with Gasteiger partial charge in [-0.3, -0.25) is 0 Å². The molecule has 1 aromatic carbocycles. The van der Waals surface area contributed by atoms with Gasteiger partial charge in [-0.05, 0) is 66.5 Å². The third-order valence-corrected chi connectivity index (χ3v) is 6.88. The van der Waals surface area contributed by atoms with Crippen LogP contribution in [0, 0.1) is 5.92 Å². The number of fused-ring (bicyclic) bond motifs is 1. The molecule has 1 fully saturated rings. The van der Waals surface area contributed by atoms with Gasteiger partial charge in [-0.15, -0.1) is 0 Å². The summed E-state index contributed by atoms with van der Waals surface area (Å²) in [6, 6.07) is 10.5. The van der Waals surface area contributed by atoms with Crippen molar-refractivity contribution in [3.05, 3.63) is 48.3 Å². The molecule has 154 valence electrons. The van der Waals surface area contributed by atoms with Crippen molar-refractivity contribution in [2.75, 3.05) is 6.61 Å². The summed E-state index contributed by atoms with van der Waals surface area (Å²) >= 11 is 0. The van der Waals surface area contributed by atoms with E-state index in [-0.39, 0.29) is 17.4 Å². The fraction of sp³-hybridized carbons (Fsp3) is 0.409. The Morgan fingerprint density at radius 2 is 1.93 bits per heavy atom. The van der Waals surface area contributed by atoms with Crippen molar-refractivity contribution in [2.24, 2.45) is 5.92 Å². The van der Waals surface area contributed by atoms with Gasteiger partial charge in [0.25, 0.3) is 0 Å². The summed E-state index contributed by atoms with van der Waals surface area (Å²) in [5.74, 6) is 0.897. The van der Waals surface area contributed by atoms with E-state index in [1.165, 1.54) is 18.5 Å². The molecule has 0 radical (unpaired) electrons. The lowest BCUT2D eigenvalue weighted by Gasteiger charge is -2.18. The van der Waals surface area contributed by atoms with Gasteiger partial charge in [0.2, 0.25) is 10.0 Å². The monoisotopic (exact) mass is 413 g/mol. The van der Waals surface area contributed by atoms with Gasteiger partial charge in [-0.1, -0.05) is 26.0 Å². The molecule has 29 heavy (non-hydrogen) atoms. The van der Waals surface area contributed by atoms with Gasteiger partial charge in [0.1, 0.15) is 5.65 Å². The summed E-state index contributed by atoms with van der Waals surface area (Å²) in [5, 5.41) is 10.5. The molecule has 0 saturated heterocycles. The Hall–Kier alpha value is -2.22. The minimum absolute atomic E-state index is 0.196. The normalized spacial score (nSPS) is 15.9. The van der Waals surface area contributed by atoms with Crippen LogP contribution in [0.5, 0.6) is 0 Å². The van der Waals surface area contributed by atoms with E-state index in [2.05, 4.69) is 20.8 Å². The van der Waals surface area contributed by atoms with E-state index in [0.29, 0.717) is 12.3 Å². The van der Waals surface area contributed by atoms with E-state index >= 15 is 0 Å². The highest BCUT2D eigenvalue weighted by Gasteiger charge is 2.26. The Kier molecular flexibility index (Phi) is 5.46. The van der Waals surface area contributed by atoms with E-state index in [1.54, 1.807) is 18.3 Å². The molecule has 1 aliphatic carbocycles. The molecule has 1 aliphatic rings. The first-order chi connectivity index (χ1) is 13.9.